The molecule has 3 aromatic carbocycles. The van der Waals surface area contributed by atoms with E-state index < -0.39 is 194 Å². The van der Waals surface area contributed by atoms with E-state index in [-0.39, 0.29) is 84.6 Å². The molecule has 7 rings (SSSR count). The van der Waals surface area contributed by atoms with Crippen LogP contribution in [0.2, 0.25) is 0 Å². The average Bonchev–Trinajstić information content (AvgIpc) is 1.59. The summed E-state index contributed by atoms with van der Waals surface area (Å²) in [6.45, 7) is 9.13. The highest BCUT2D eigenvalue weighted by Gasteiger charge is 2.45. The Kier molecular flexibility index (Phi) is 36.2. The fourth-order valence-corrected chi connectivity index (χ4v) is 17.9. The predicted octanol–water partition coefficient (Wildman–Crippen LogP) is -0.333. The molecule has 121 heavy (non-hydrogen) atoms. The number of nitrogens with one attached hydrogen (secondary N) is 13. The zero-order chi connectivity index (χ0) is 89.1. The van der Waals surface area contributed by atoms with Crippen molar-refractivity contribution in [2.45, 2.75) is 181 Å². The summed E-state index contributed by atoms with van der Waals surface area (Å²) in [6.07, 6.45) is 9.23. The maximum atomic E-state index is 14.2. The van der Waals surface area contributed by atoms with Crippen LogP contribution in [0.15, 0.2) is 113 Å². The first kappa shape index (κ1) is 97.2. The number of allylic oxidation sites excluding steroid dienone is 6. The van der Waals surface area contributed by atoms with Gasteiger partial charge in [0.1, 0.15) is 71.5 Å². The van der Waals surface area contributed by atoms with Gasteiger partial charge in [0, 0.05) is 84.2 Å². The van der Waals surface area contributed by atoms with Gasteiger partial charge in [-0.15, -0.1) is 11.8 Å². The molecule has 0 aliphatic carbocycles. The van der Waals surface area contributed by atoms with Crippen LogP contribution in [-0.4, -0.2) is 251 Å². The van der Waals surface area contributed by atoms with Crippen LogP contribution in [0.4, 0.5) is 11.4 Å². The van der Waals surface area contributed by atoms with Crippen LogP contribution in [0, 0.1) is 5.41 Å². The minimum Gasteiger partial charge on any atom is -0.744 e. The van der Waals surface area contributed by atoms with Crippen LogP contribution in [0.25, 0.3) is 0 Å². The molecule has 0 bridgehead atoms. The first-order valence-electron chi connectivity index (χ1n) is 38.6. The molecule has 4 heterocycles. The maximum absolute atomic E-state index is 14.2. The standard InChI is InChI=1S/C77H102N16O23S5/c1-6-92-57-28-26-45(120(111,112)113)34-47(57)76(2,3)59(92)23-12-8-13-24-60-77(4,5)48-35-46(121(114,115)116)27-29-58(48)93(60)32-17-9-14-25-61(94)80-30-16-15-21-50-69(105)88-53(37-65(99)100)72(108)89-54(40-117-43-63(96)84-50)73(109)86-49(22-18-31-81-75(78)79)67(103)82-38-62(95)85-52(36-64(97)98)71(107)91-56-42-119-118-41-55(68(104)83-39-66(101)102)90-70(106)51(87-74(56)110)33-44-19-10-7-11-20-44/h7-8,10-13,19-20,23-24,26-29,34-35,49-56H,6,9,14-18,21-22,25,30-33,36-43H2,1-5H3,(H19-,78,79,80,81,82,83,84,85,86,87,88,89,90,91,94,95,96,97,98,99,100,101,102,103,104,105,106,107,108,109,110,111,112,113,114,115,116)/t49-,50-,51-,52-,53-,54-,55-,56-/m0/s1. The molecule has 39 nitrogen and oxygen atoms in total. The lowest BCUT2D eigenvalue weighted by molar-refractivity contribution is -0.433. The van der Waals surface area contributed by atoms with E-state index in [1.54, 1.807) is 42.5 Å². The van der Waals surface area contributed by atoms with Crippen molar-refractivity contribution >= 4 is 160 Å². The number of nitrogens with two attached hydrogens (primary N) is 1. The molecule has 0 unspecified atom stereocenters. The van der Waals surface area contributed by atoms with Crippen molar-refractivity contribution in [3.63, 3.8) is 0 Å². The van der Waals surface area contributed by atoms with Gasteiger partial charge in [-0.3, -0.25) is 77.1 Å². The Morgan fingerprint density at radius 1 is 0.653 bits per heavy atom. The van der Waals surface area contributed by atoms with E-state index in [2.05, 4.69) is 68.7 Å². The highest BCUT2D eigenvalue weighted by atomic mass is 33.1. The minimum absolute atomic E-state index is 0.00721. The minimum atomic E-state index is -4.69. The molecule has 2 fully saturated rings. The third kappa shape index (κ3) is 29.2. The number of rotatable bonds is 38. The third-order valence-electron chi connectivity index (χ3n) is 19.9. The molecule has 0 aromatic heterocycles. The summed E-state index contributed by atoms with van der Waals surface area (Å²) in [5.41, 5.74) is 9.16. The van der Waals surface area contributed by atoms with Crippen molar-refractivity contribution in [3.8, 4) is 0 Å². The number of hydrogen-bond donors (Lipinski definition) is 18. The van der Waals surface area contributed by atoms with Gasteiger partial charge in [0.25, 0.3) is 10.1 Å². The van der Waals surface area contributed by atoms with Gasteiger partial charge in [-0.25, -0.2) is 8.42 Å². The number of guanidine groups is 1. The maximum Gasteiger partial charge on any atom is 0.322 e. The number of unbranched alkanes of at least 4 members (excludes halogenated alkanes) is 3. The second-order valence-electron chi connectivity index (χ2n) is 29.7. The molecule has 2 saturated heterocycles. The predicted molar refractivity (Wildman–Crippen MR) is 446 cm³/mol. The quantitative estimate of drug-likeness (QED) is 0.00664. The Morgan fingerprint density at radius 3 is 1.98 bits per heavy atom. The molecular weight excluding hydrogens is 1680 g/mol. The fraction of sp³-hybridized carbons (Fsp3) is 0.481. The van der Waals surface area contributed by atoms with E-state index in [0.717, 1.165) is 56.1 Å². The van der Waals surface area contributed by atoms with Crippen molar-refractivity contribution in [2.75, 3.05) is 67.2 Å². The lowest BCUT2D eigenvalue weighted by atomic mass is 9.81. The van der Waals surface area contributed by atoms with Gasteiger partial charge in [0.2, 0.25) is 70.7 Å². The lowest BCUT2D eigenvalue weighted by Gasteiger charge is -2.27. The SMILES string of the molecule is CC[N+]1=C(/C=C/C=C/C=C2/N(CCCCCC(=O)NCCCC[C@@H]3NC(=O)CSC[C@@H](C(=O)N[C@@H](CCCNC(=N)N)C(=O)NCC(=O)N[C@@H](CC(=O)O)C(=O)N[C@H]4CSSC[C@@H](C(=O)NCC(=O)O)NC(=O)[C@H](Cc5ccccc5)NC4=O)NC(=O)[C@H](CC(=O)O)NC3=O)c3ccc(S(=O)(=O)O)cc3C2(C)C)C(C)(C)c2cc(S(=O)(=O)[O-])ccc21. The van der Waals surface area contributed by atoms with Crippen molar-refractivity contribution in [1.29, 1.82) is 5.41 Å². The van der Waals surface area contributed by atoms with E-state index in [1.807, 2.05) is 69.6 Å². The van der Waals surface area contributed by atoms with Gasteiger partial charge >= 0.3 is 17.9 Å². The molecule has 0 radical (unpaired) electrons. The second-order valence-corrected chi connectivity index (χ2v) is 36.0. The van der Waals surface area contributed by atoms with Gasteiger partial charge in [-0.1, -0.05) is 90.4 Å². The zero-order valence-electron chi connectivity index (χ0n) is 67.0. The fourth-order valence-electron chi connectivity index (χ4n) is 13.7. The molecule has 19 N–H and O–H groups in total. The second kappa shape index (κ2) is 45.1. The topological polar surface area (TPSA) is 612 Å². The Morgan fingerprint density at radius 2 is 1.31 bits per heavy atom. The third-order valence-corrected chi connectivity index (χ3v) is 25.1. The summed E-state index contributed by atoms with van der Waals surface area (Å²) < 4.78 is 72.5. The number of carbonyl (C=O) groups is 14. The molecular formula is C77H102N16O23S5. The number of aliphatic carboxylic acids is 3. The molecule has 11 amide bonds. The first-order chi connectivity index (χ1) is 57.1. The normalized spacial score (nSPS) is 20.4. The van der Waals surface area contributed by atoms with E-state index in [0.29, 0.717) is 55.5 Å². The summed E-state index contributed by atoms with van der Waals surface area (Å²) >= 11 is 0.814. The molecule has 0 spiro atoms. The summed E-state index contributed by atoms with van der Waals surface area (Å²) in [7, 11) is -7.33. The summed E-state index contributed by atoms with van der Waals surface area (Å²) in [5, 5.41) is 65.8. The van der Waals surface area contributed by atoms with Crippen molar-refractivity contribution in [2.24, 2.45) is 5.73 Å². The highest BCUT2D eigenvalue weighted by molar-refractivity contribution is 8.76. The van der Waals surface area contributed by atoms with Gasteiger partial charge < -0.3 is 94.3 Å². The number of hydrogen-bond acceptors (Lipinski definition) is 24. The van der Waals surface area contributed by atoms with Crippen LogP contribution in [0.3, 0.4) is 0 Å². The van der Waals surface area contributed by atoms with E-state index >= 15 is 0 Å². The van der Waals surface area contributed by atoms with Crippen molar-refractivity contribution in [1.82, 2.24) is 63.8 Å². The Balaban J connectivity index is 0.912. The Bertz CT molecular complexity index is 4780. The molecule has 658 valence electrons. The van der Waals surface area contributed by atoms with Crippen LogP contribution in [0.1, 0.15) is 122 Å². The van der Waals surface area contributed by atoms with E-state index in [1.165, 1.54) is 24.3 Å². The van der Waals surface area contributed by atoms with Crippen LogP contribution in [-0.2, 0) is 105 Å². The Hall–Kier alpha value is -10.9. The number of anilines is 1. The zero-order valence-corrected chi connectivity index (χ0v) is 71.1. The molecule has 0 saturated carbocycles. The van der Waals surface area contributed by atoms with Gasteiger partial charge in [0.05, 0.1) is 40.3 Å². The Labute approximate surface area is 710 Å². The summed E-state index contributed by atoms with van der Waals surface area (Å²) in [6, 6.07) is 4.64. The van der Waals surface area contributed by atoms with Crippen LogP contribution < -0.4 is 74.4 Å². The first-order valence-corrected chi connectivity index (χ1v) is 45.1. The smallest absolute Gasteiger partial charge is 0.322 e. The lowest BCUT2D eigenvalue weighted by Crippen LogP contribution is -2.60. The number of fused-ring (bicyclic) bond motifs is 2. The summed E-state index contributed by atoms with van der Waals surface area (Å²) in [5.74, 6) is -16.4. The van der Waals surface area contributed by atoms with Crippen molar-refractivity contribution < 1.29 is 113 Å². The number of carboxylic acids is 3. The molecule has 4 aliphatic rings. The van der Waals surface area contributed by atoms with Crippen LogP contribution >= 0.6 is 33.3 Å². The van der Waals surface area contributed by atoms with Crippen molar-refractivity contribution in [3.05, 3.63) is 119 Å². The summed E-state index contributed by atoms with van der Waals surface area (Å²) in [4.78, 5) is 188. The molecule has 3 aromatic rings. The van der Waals surface area contributed by atoms with Gasteiger partial charge in [-0.05, 0) is 113 Å². The van der Waals surface area contributed by atoms with E-state index in [9.17, 15) is 103 Å². The van der Waals surface area contributed by atoms with Gasteiger partial charge in [-0.2, -0.15) is 13.0 Å². The number of thioether (sulfide) groups is 1. The highest BCUT2D eigenvalue weighted by Crippen LogP contribution is 2.49. The molecule has 8 atom stereocenters. The average molecular weight is 1780 g/mol. The number of carboxylic acid groups (broad SMARTS) is 3. The van der Waals surface area contributed by atoms with Crippen LogP contribution in [0.5, 0.6) is 0 Å². The van der Waals surface area contributed by atoms with E-state index in [4.69, 9.17) is 16.2 Å². The number of carbonyl (C=O) groups excluding carboxylic acids is 11. The largest absolute Gasteiger partial charge is 0.744 e. The monoisotopic (exact) mass is 1780 g/mol. The molecule has 44 heteroatoms. The number of benzene rings is 3. The van der Waals surface area contributed by atoms with Gasteiger partial charge in [0.15, 0.2) is 11.7 Å². The molecule has 4 aliphatic heterocycles. The number of amides is 11. The number of nitrogens with zero attached hydrogens (tertiary/aromatic N) is 2.